The summed E-state index contributed by atoms with van der Waals surface area (Å²) in [6.07, 6.45) is 8.59. The average Bonchev–Trinajstić information content (AvgIpc) is 3.27. The number of aliphatic hydroxyl groups is 1. The lowest BCUT2D eigenvalue weighted by atomic mass is 9.74. The number of nitrogens with zero attached hydrogens (tertiary/aromatic N) is 3. The largest absolute Gasteiger partial charge is 0.497 e. The molecule has 4 heterocycles. The summed E-state index contributed by atoms with van der Waals surface area (Å²) in [5.41, 5.74) is 1.47. The van der Waals surface area contributed by atoms with Crippen LogP contribution < -0.4 is 14.5 Å². The van der Waals surface area contributed by atoms with Crippen molar-refractivity contribution in [1.82, 2.24) is 4.90 Å². The van der Waals surface area contributed by atoms with E-state index in [4.69, 9.17) is 4.74 Å². The molecule has 0 bridgehead atoms. The third-order valence-corrected chi connectivity index (χ3v) is 11.1. The number of carbonyl (C=O) groups excluding carboxylic acids is 3. The highest BCUT2D eigenvalue weighted by Gasteiger charge is 2.74. The van der Waals surface area contributed by atoms with E-state index in [1.54, 1.807) is 33.6 Å². The van der Waals surface area contributed by atoms with Gasteiger partial charge in [-0.2, -0.15) is 0 Å². The molecule has 2 saturated heterocycles. The van der Waals surface area contributed by atoms with Crippen LogP contribution in [0.3, 0.4) is 0 Å². The second-order valence-corrected chi connectivity index (χ2v) is 14.2. The number of para-hydroxylation sites is 1. The smallest absolute Gasteiger partial charge is 0.251 e. The second-order valence-electron chi connectivity index (χ2n) is 12.4. The van der Waals surface area contributed by atoms with Crippen LogP contribution in [0.4, 0.5) is 11.4 Å². The monoisotopic (exact) mass is 601 g/mol. The topological polar surface area (TPSA) is 90.4 Å². The van der Waals surface area contributed by atoms with E-state index in [9.17, 15) is 19.5 Å². The van der Waals surface area contributed by atoms with E-state index in [0.717, 1.165) is 5.69 Å². The lowest BCUT2D eigenvalue weighted by molar-refractivity contribution is -0.142. The Morgan fingerprint density at radius 1 is 0.884 bits per heavy atom. The fourth-order valence-corrected chi connectivity index (χ4v) is 9.65. The first-order valence-electron chi connectivity index (χ1n) is 15.0. The van der Waals surface area contributed by atoms with Gasteiger partial charge in [-0.15, -0.1) is 11.8 Å². The van der Waals surface area contributed by atoms with Crippen molar-refractivity contribution in [1.29, 1.82) is 0 Å². The van der Waals surface area contributed by atoms with Crippen LogP contribution >= 0.6 is 11.8 Å². The van der Waals surface area contributed by atoms with Gasteiger partial charge in [-0.3, -0.25) is 14.4 Å². The summed E-state index contributed by atoms with van der Waals surface area (Å²) in [6.45, 7) is 6.58. The van der Waals surface area contributed by atoms with Crippen molar-refractivity contribution in [2.24, 2.45) is 17.8 Å². The van der Waals surface area contributed by atoms with Crippen LogP contribution in [0, 0.1) is 17.8 Å². The lowest BCUT2D eigenvalue weighted by Crippen LogP contribution is -2.57. The molecule has 1 spiro atoms. The maximum absolute atomic E-state index is 14.8. The molecule has 0 aromatic heterocycles. The average molecular weight is 602 g/mol. The van der Waals surface area contributed by atoms with Gasteiger partial charge in [0.1, 0.15) is 11.8 Å². The number of hydrogen-bond donors (Lipinski definition) is 1. The molecule has 6 atom stereocenters. The van der Waals surface area contributed by atoms with Gasteiger partial charge in [0.2, 0.25) is 11.8 Å². The third kappa shape index (κ3) is 4.68. The fraction of sp³-hybridized carbons (Fsp3) is 0.441. The van der Waals surface area contributed by atoms with Crippen LogP contribution in [0.1, 0.15) is 27.2 Å². The highest BCUT2D eigenvalue weighted by atomic mass is 32.2. The first-order chi connectivity index (χ1) is 20.6. The molecule has 226 valence electrons. The molecule has 2 aromatic rings. The van der Waals surface area contributed by atoms with Gasteiger partial charge in [0.25, 0.3) is 5.91 Å². The number of carbonyl (C=O) groups is 3. The van der Waals surface area contributed by atoms with E-state index in [0.29, 0.717) is 30.9 Å². The van der Waals surface area contributed by atoms with Crippen LogP contribution in [-0.2, 0) is 14.4 Å². The minimum absolute atomic E-state index is 0.122. The molecule has 4 aliphatic heterocycles. The van der Waals surface area contributed by atoms with E-state index in [2.05, 4.69) is 6.08 Å². The molecule has 0 aliphatic carbocycles. The molecule has 9 heteroatoms. The summed E-state index contributed by atoms with van der Waals surface area (Å²) in [7, 11) is 1.60. The van der Waals surface area contributed by atoms with Crippen molar-refractivity contribution in [3.05, 3.63) is 78.9 Å². The van der Waals surface area contributed by atoms with Crippen molar-refractivity contribution in [2.75, 3.05) is 36.6 Å². The standard InChI is InChI=1S/C34H39N3O5S/c1-22(2)20-25(21-38)37-29-32(41)36(24-12-14-26(42-4)15-13-24)19-9-17-34(29)28(31(37)40)27-30(39)35(23-10-6-5-7-11-23)18-8-16-33(27,3)43-34/h5-17,22,25,27-29,38H,18-21H2,1-4H3/t25-,27-,28+,29?,33+,34+/m1/s1. The minimum Gasteiger partial charge on any atom is -0.497 e. The maximum Gasteiger partial charge on any atom is 0.251 e. The number of anilines is 2. The number of thioether (sulfide) groups is 1. The molecular weight excluding hydrogens is 562 g/mol. The third-order valence-electron chi connectivity index (χ3n) is 9.29. The number of benzene rings is 2. The summed E-state index contributed by atoms with van der Waals surface area (Å²) in [6, 6.07) is 15.4. The molecule has 1 unspecified atom stereocenters. The Balaban J connectivity index is 1.49. The number of fused-ring (bicyclic) bond motifs is 2. The fourth-order valence-electron chi connectivity index (χ4n) is 7.51. The number of ether oxygens (including phenoxy) is 1. The Bertz CT molecular complexity index is 1460. The van der Waals surface area contributed by atoms with Crippen LogP contribution in [0.5, 0.6) is 5.75 Å². The number of likely N-dealkylation sites (tertiary alicyclic amines) is 1. The van der Waals surface area contributed by atoms with E-state index in [-0.39, 0.29) is 30.2 Å². The van der Waals surface area contributed by atoms with Crippen LogP contribution in [0.15, 0.2) is 78.9 Å². The van der Waals surface area contributed by atoms with Gasteiger partial charge in [-0.25, -0.2) is 0 Å². The zero-order valence-electron chi connectivity index (χ0n) is 25.1. The van der Waals surface area contributed by atoms with Crippen molar-refractivity contribution >= 4 is 40.9 Å². The van der Waals surface area contributed by atoms with E-state index in [1.165, 1.54) is 0 Å². The van der Waals surface area contributed by atoms with Gasteiger partial charge in [-0.1, -0.05) is 56.4 Å². The number of methoxy groups -OCH3 is 1. The van der Waals surface area contributed by atoms with E-state index in [1.807, 2.05) is 93.6 Å². The number of amides is 3. The molecule has 0 radical (unpaired) electrons. The Hall–Kier alpha value is -3.56. The Labute approximate surface area is 257 Å². The van der Waals surface area contributed by atoms with Crippen molar-refractivity contribution in [3.8, 4) is 5.75 Å². The first-order valence-corrected chi connectivity index (χ1v) is 15.8. The predicted octanol–water partition coefficient (Wildman–Crippen LogP) is 4.30. The van der Waals surface area contributed by atoms with Gasteiger partial charge in [0.15, 0.2) is 0 Å². The first kappa shape index (κ1) is 29.5. The van der Waals surface area contributed by atoms with Crippen molar-refractivity contribution < 1.29 is 24.2 Å². The van der Waals surface area contributed by atoms with Crippen molar-refractivity contribution in [2.45, 2.75) is 48.8 Å². The van der Waals surface area contributed by atoms with Gasteiger partial charge in [0.05, 0.1) is 36.3 Å². The van der Waals surface area contributed by atoms with E-state index >= 15 is 0 Å². The molecule has 2 fully saturated rings. The number of aliphatic hydroxyl groups excluding tert-OH is 1. The van der Waals surface area contributed by atoms with Crippen molar-refractivity contribution in [3.63, 3.8) is 0 Å². The number of hydrogen-bond acceptors (Lipinski definition) is 6. The maximum atomic E-state index is 14.8. The summed E-state index contributed by atoms with van der Waals surface area (Å²) in [5.74, 6) is -1.17. The quantitative estimate of drug-likeness (QED) is 0.477. The molecule has 6 rings (SSSR count). The number of rotatable bonds is 7. The normalized spacial score (nSPS) is 30.7. The van der Waals surface area contributed by atoms with Gasteiger partial charge >= 0.3 is 0 Å². The Morgan fingerprint density at radius 3 is 2.14 bits per heavy atom. The SMILES string of the molecule is COc1ccc(N2CC=C[C@]34S[C@@]5(C)C=CCN(c6ccccc6)C(=O)[C@H]5[C@H]3C(=O)N([C@@H](CO)CC(C)C)C4C2=O)cc1. The molecule has 1 N–H and O–H groups in total. The molecule has 4 aliphatic rings. The van der Waals surface area contributed by atoms with Crippen LogP contribution in [-0.4, -0.2) is 76.1 Å². The Kier molecular flexibility index (Phi) is 7.67. The minimum atomic E-state index is -0.987. The Morgan fingerprint density at radius 2 is 1.51 bits per heavy atom. The predicted molar refractivity (Wildman–Crippen MR) is 169 cm³/mol. The summed E-state index contributed by atoms with van der Waals surface area (Å²) >= 11 is 1.56. The molecule has 2 aromatic carbocycles. The highest BCUT2D eigenvalue weighted by molar-refractivity contribution is 8.02. The molecular formula is C34H39N3O5S. The van der Waals surface area contributed by atoms with Gasteiger partial charge in [0, 0.05) is 29.2 Å². The summed E-state index contributed by atoms with van der Waals surface area (Å²) in [5, 5.41) is 10.6. The molecule has 0 saturated carbocycles. The van der Waals surface area contributed by atoms with E-state index < -0.39 is 33.4 Å². The van der Waals surface area contributed by atoms with Crippen LogP contribution in [0.2, 0.25) is 0 Å². The lowest BCUT2D eigenvalue weighted by Gasteiger charge is -2.40. The highest BCUT2D eigenvalue weighted by Crippen LogP contribution is 2.66. The second kappa shape index (κ2) is 11.2. The molecule has 3 amide bonds. The van der Waals surface area contributed by atoms with Crippen LogP contribution in [0.25, 0.3) is 0 Å². The summed E-state index contributed by atoms with van der Waals surface area (Å²) in [4.78, 5) is 49.2. The van der Waals surface area contributed by atoms with Gasteiger partial charge in [-0.05, 0) is 55.7 Å². The van der Waals surface area contributed by atoms with Gasteiger partial charge < -0.3 is 24.5 Å². The summed E-state index contributed by atoms with van der Waals surface area (Å²) < 4.78 is 3.63. The molecule has 8 nitrogen and oxygen atoms in total. The zero-order chi connectivity index (χ0) is 30.5. The zero-order valence-corrected chi connectivity index (χ0v) is 25.9. The molecule has 43 heavy (non-hydrogen) atoms.